The van der Waals surface area contributed by atoms with Gasteiger partial charge in [0.2, 0.25) is 0 Å². The Kier molecular flexibility index (Phi) is 5.95. The van der Waals surface area contributed by atoms with Gasteiger partial charge in [-0.15, -0.1) is 20.4 Å². The molecule has 2 aliphatic rings. The highest BCUT2D eigenvalue weighted by Gasteiger charge is 2.24. The SMILES string of the molecule is O=C(NCCN1C(=O)C=CC1=O)c1nnc(C(=O)NCCN2C(=O)C=CC2=O)nn1. The molecule has 154 valence electrons. The van der Waals surface area contributed by atoms with Gasteiger partial charge < -0.3 is 10.6 Å². The van der Waals surface area contributed by atoms with Gasteiger partial charge in [0, 0.05) is 50.5 Å². The van der Waals surface area contributed by atoms with Crippen LogP contribution in [0.25, 0.3) is 0 Å². The van der Waals surface area contributed by atoms with E-state index in [1.807, 2.05) is 0 Å². The summed E-state index contributed by atoms with van der Waals surface area (Å²) in [6, 6.07) is 0. The van der Waals surface area contributed by atoms with Crippen LogP contribution in [0, 0.1) is 0 Å². The topological polar surface area (TPSA) is 185 Å². The summed E-state index contributed by atoms with van der Waals surface area (Å²) < 4.78 is 0. The first-order valence-electron chi connectivity index (χ1n) is 8.57. The van der Waals surface area contributed by atoms with Crippen LogP contribution >= 0.6 is 0 Å². The van der Waals surface area contributed by atoms with Crippen LogP contribution in [0.4, 0.5) is 0 Å². The Morgan fingerprint density at radius 1 is 0.633 bits per heavy atom. The number of carbonyl (C=O) groups is 6. The van der Waals surface area contributed by atoms with Crippen molar-refractivity contribution >= 4 is 35.4 Å². The lowest BCUT2D eigenvalue weighted by atomic mass is 10.4. The van der Waals surface area contributed by atoms with Gasteiger partial charge in [-0.2, -0.15) is 0 Å². The van der Waals surface area contributed by atoms with E-state index in [9.17, 15) is 28.8 Å². The van der Waals surface area contributed by atoms with Crippen LogP contribution < -0.4 is 10.6 Å². The maximum Gasteiger partial charge on any atom is 0.292 e. The molecule has 14 nitrogen and oxygen atoms in total. The molecule has 0 saturated heterocycles. The fourth-order valence-electron chi connectivity index (χ4n) is 2.43. The van der Waals surface area contributed by atoms with Crippen molar-refractivity contribution in [3.8, 4) is 0 Å². The van der Waals surface area contributed by atoms with Gasteiger partial charge in [0.1, 0.15) is 0 Å². The second-order valence-corrected chi connectivity index (χ2v) is 5.88. The fourth-order valence-corrected chi connectivity index (χ4v) is 2.43. The normalized spacial score (nSPS) is 15.3. The Bertz CT molecular complexity index is 871. The number of rotatable bonds is 8. The molecule has 0 radical (unpaired) electrons. The first-order chi connectivity index (χ1) is 14.4. The quantitative estimate of drug-likeness (QED) is 0.406. The first-order valence-corrected chi connectivity index (χ1v) is 8.57. The molecule has 6 amide bonds. The smallest absolute Gasteiger partial charge is 0.292 e. The molecule has 0 saturated carbocycles. The molecule has 0 bridgehead atoms. The molecule has 30 heavy (non-hydrogen) atoms. The zero-order valence-corrected chi connectivity index (χ0v) is 15.3. The molecular weight excluding hydrogens is 400 g/mol. The number of amides is 6. The van der Waals surface area contributed by atoms with Gasteiger partial charge in [-0.1, -0.05) is 0 Å². The van der Waals surface area contributed by atoms with Crippen LogP contribution in [0.5, 0.6) is 0 Å². The lowest BCUT2D eigenvalue weighted by Crippen LogP contribution is -2.39. The minimum atomic E-state index is -0.757. The molecule has 2 N–H and O–H groups in total. The van der Waals surface area contributed by atoms with Gasteiger partial charge >= 0.3 is 0 Å². The summed E-state index contributed by atoms with van der Waals surface area (Å²) in [6.45, 7) is -0.136. The summed E-state index contributed by atoms with van der Waals surface area (Å²) in [5, 5.41) is 18.8. The van der Waals surface area contributed by atoms with E-state index in [0.29, 0.717) is 0 Å². The summed E-state index contributed by atoms with van der Waals surface area (Å²) in [5.41, 5.74) is 0. The molecular formula is C16H14N8O6. The van der Waals surface area contributed by atoms with Crippen LogP contribution in [-0.4, -0.2) is 91.8 Å². The van der Waals surface area contributed by atoms with E-state index in [4.69, 9.17) is 0 Å². The highest BCUT2D eigenvalue weighted by molar-refractivity contribution is 6.13. The summed E-state index contributed by atoms with van der Waals surface area (Å²) in [7, 11) is 0. The molecule has 0 unspecified atom stereocenters. The van der Waals surface area contributed by atoms with Gasteiger partial charge in [-0.3, -0.25) is 38.6 Å². The minimum Gasteiger partial charge on any atom is -0.347 e. The molecule has 1 aromatic rings. The van der Waals surface area contributed by atoms with Crippen LogP contribution in [0.15, 0.2) is 24.3 Å². The molecule has 0 atom stereocenters. The average molecular weight is 414 g/mol. The van der Waals surface area contributed by atoms with Crippen LogP contribution in [-0.2, 0) is 19.2 Å². The van der Waals surface area contributed by atoms with Crippen molar-refractivity contribution < 1.29 is 28.8 Å². The number of hydrogen-bond donors (Lipinski definition) is 2. The van der Waals surface area contributed by atoms with E-state index in [2.05, 4.69) is 31.0 Å². The van der Waals surface area contributed by atoms with Crippen molar-refractivity contribution in [3.05, 3.63) is 36.0 Å². The van der Waals surface area contributed by atoms with Gasteiger partial charge in [0.15, 0.2) is 0 Å². The van der Waals surface area contributed by atoms with Crippen molar-refractivity contribution in [1.82, 2.24) is 40.8 Å². The third kappa shape index (κ3) is 4.54. The largest absolute Gasteiger partial charge is 0.347 e. The molecule has 0 fully saturated rings. The van der Waals surface area contributed by atoms with E-state index < -0.39 is 47.1 Å². The maximum absolute atomic E-state index is 11.9. The number of aromatic nitrogens is 4. The lowest BCUT2D eigenvalue weighted by molar-refractivity contribution is -0.138. The minimum absolute atomic E-state index is 0.0324. The highest BCUT2D eigenvalue weighted by Crippen LogP contribution is 2.02. The Morgan fingerprint density at radius 2 is 0.933 bits per heavy atom. The zero-order valence-electron chi connectivity index (χ0n) is 15.3. The second-order valence-electron chi connectivity index (χ2n) is 5.88. The van der Waals surface area contributed by atoms with Crippen molar-refractivity contribution in [3.63, 3.8) is 0 Å². The standard InChI is InChI=1S/C16H14N8O6/c25-9-1-2-10(26)23(9)7-5-17-15(29)13-19-21-14(22-20-13)16(30)18-6-8-24-11(27)3-4-12(24)28/h1-4H,5-8H2,(H,17,29)(H,18,30). The summed E-state index contributed by atoms with van der Waals surface area (Å²) in [4.78, 5) is 71.4. The third-order valence-corrected chi connectivity index (χ3v) is 3.93. The second kappa shape index (κ2) is 8.76. The monoisotopic (exact) mass is 414 g/mol. The Morgan fingerprint density at radius 3 is 1.23 bits per heavy atom. The summed E-state index contributed by atoms with van der Waals surface area (Å²) in [6.07, 6.45) is 4.51. The van der Waals surface area contributed by atoms with Crippen molar-refractivity contribution in [2.45, 2.75) is 0 Å². The van der Waals surface area contributed by atoms with Gasteiger partial charge in [-0.25, -0.2) is 0 Å². The van der Waals surface area contributed by atoms with E-state index in [0.717, 1.165) is 34.1 Å². The molecule has 3 rings (SSSR count). The Hall–Kier alpha value is -4.36. The predicted octanol–water partition coefficient (Wildman–Crippen LogP) is -3.42. The average Bonchev–Trinajstić information content (AvgIpc) is 3.23. The number of imide groups is 2. The maximum atomic E-state index is 11.9. The molecule has 2 aliphatic heterocycles. The summed E-state index contributed by atoms with van der Waals surface area (Å²) >= 11 is 0. The highest BCUT2D eigenvalue weighted by atomic mass is 16.2. The number of hydrogen-bond acceptors (Lipinski definition) is 10. The molecule has 1 aromatic heterocycles. The van der Waals surface area contributed by atoms with Crippen molar-refractivity contribution in [2.75, 3.05) is 26.2 Å². The molecule has 14 heteroatoms. The summed E-state index contributed by atoms with van der Waals surface area (Å²) in [5.74, 6) is -4.23. The van der Waals surface area contributed by atoms with Crippen LogP contribution in [0.3, 0.4) is 0 Å². The van der Waals surface area contributed by atoms with Gasteiger partial charge in [0.05, 0.1) is 0 Å². The molecule has 3 heterocycles. The van der Waals surface area contributed by atoms with Crippen LogP contribution in [0.1, 0.15) is 21.2 Å². The molecule has 0 aliphatic carbocycles. The Balaban J connectivity index is 1.43. The van der Waals surface area contributed by atoms with E-state index in [-0.39, 0.29) is 26.2 Å². The van der Waals surface area contributed by atoms with E-state index in [1.165, 1.54) is 0 Å². The van der Waals surface area contributed by atoms with E-state index >= 15 is 0 Å². The lowest BCUT2D eigenvalue weighted by Gasteiger charge is -2.13. The molecule has 0 aromatic carbocycles. The van der Waals surface area contributed by atoms with Gasteiger partial charge in [-0.05, 0) is 0 Å². The van der Waals surface area contributed by atoms with Crippen LogP contribution in [0.2, 0.25) is 0 Å². The van der Waals surface area contributed by atoms with E-state index in [1.54, 1.807) is 0 Å². The first kappa shape index (κ1) is 20.4. The van der Waals surface area contributed by atoms with Gasteiger partial charge in [0.25, 0.3) is 47.1 Å². The van der Waals surface area contributed by atoms with Crippen molar-refractivity contribution in [1.29, 1.82) is 0 Å². The third-order valence-electron chi connectivity index (χ3n) is 3.93. The fraction of sp³-hybridized carbons (Fsp3) is 0.250. The number of nitrogens with zero attached hydrogens (tertiary/aromatic N) is 6. The number of nitrogens with one attached hydrogen (secondary N) is 2. The number of carbonyl (C=O) groups excluding carboxylic acids is 6. The van der Waals surface area contributed by atoms with Crippen molar-refractivity contribution in [2.24, 2.45) is 0 Å². The molecule has 0 spiro atoms. The zero-order chi connectivity index (χ0) is 21.7. The Labute approximate surface area is 168 Å². The predicted molar refractivity (Wildman–Crippen MR) is 94.0 cm³/mol.